The lowest BCUT2D eigenvalue weighted by atomic mass is 9.51. The summed E-state index contributed by atoms with van der Waals surface area (Å²) >= 11 is 0. The summed E-state index contributed by atoms with van der Waals surface area (Å²) in [6.07, 6.45) is 16.2. The van der Waals surface area contributed by atoms with E-state index in [9.17, 15) is 0 Å². The van der Waals surface area contributed by atoms with Crippen LogP contribution in [0.15, 0.2) is 53.3 Å². The smallest absolute Gasteiger partial charge is 0.0830 e. The van der Waals surface area contributed by atoms with Gasteiger partial charge in [0.05, 0.1) is 5.71 Å². The molecule has 0 saturated heterocycles. The zero-order valence-electron chi connectivity index (χ0n) is 17.7. The Balaban J connectivity index is 1.53. The molecule has 3 fully saturated rings. The van der Waals surface area contributed by atoms with Crippen molar-refractivity contribution in [3.05, 3.63) is 48.2 Å². The van der Waals surface area contributed by atoms with Gasteiger partial charge in [-0.1, -0.05) is 44.2 Å². The Hall–Kier alpha value is -1.61. The fourth-order valence-corrected chi connectivity index (χ4v) is 6.89. The second-order valence-electron chi connectivity index (χ2n) is 9.65. The number of nitrogens with one attached hydrogen (secondary N) is 1. The van der Waals surface area contributed by atoms with Gasteiger partial charge in [-0.05, 0) is 86.7 Å². The molecule has 0 heterocycles. The minimum atomic E-state index is 0.206. The van der Waals surface area contributed by atoms with Gasteiger partial charge >= 0.3 is 0 Å². The molecule has 28 heavy (non-hydrogen) atoms. The minimum absolute atomic E-state index is 0.206. The summed E-state index contributed by atoms with van der Waals surface area (Å²) in [5.74, 6) is 4.28. The molecule has 0 radical (unpaired) electrons. The molecule has 0 spiro atoms. The molecule has 0 aromatic carbocycles. The molecular formula is C25H37N3. The van der Waals surface area contributed by atoms with Crippen molar-refractivity contribution in [2.75, 3.05) is 6.54 Å². The van der Waals surface area contributed by atoms with E-state index in [0.717, 1.165) is 47.4 Å². The van der Waals surface area contributed by atoms with Crippen LogP contribution in [-0.2, 0) is 0 Å². The monoisotopic (exact) mass is 379 g/mol. The summed E-state index contributed by atoms with van der Waals surface area (Å²) in [6, 6.07) is 0. The quantitative estimate of drug-likeness (QED) is 0.501. The standard InChI is InChI=1S/C25H37N3/c1-5-16(2)20-8-9-22-21(20)10-11-24-23(22)7-6-18-14-19(12-13-25(18,24)4)28-27-17(3)15-26/h12-14,20-24,27H,2-3,5-11,15,26H2,1,4H3/b28-19+/t20-,21-,22?,23?,24?,25?/m1/s1. The highest BCUT2D eigenvalue weighted by Gasteiger charge is 2.53. The number of hydrazone groups is 1. The zero-order chi connectivity index (χ0) is 19.9. The van der Waals surface area contributed by atoms with E-state index in [1.807, 2.05) is 0 Å². The second kappa shape index (κ2) is 7.67. The van der Waals surface area contributed by atoms with Gasteiger partial charge in [0.2, 0.25) is 0 Å². The van der Waals surface area contributed by atoms with Crippen LogP contribution in [-0.4, -0.2) is 12.3 Å². The maximum Gasteiger partial charge on any atom is 0.0830 e. The highest BCUT2D eigenvalue weighted by Crippen LogP contribution is 2.62. The topological polar surface area (TPSA) is 50.4 Å². The lowest BCUT2D eigenvalue weighted by Gasteiger charge is -2.54. The van der Waals surface area contributed by atoms with E-state index in [-0.39, 0.29) is 5.41 Å². The number of nitrogens with zero attached hydrogens (tertiary/aromatic N) is 1. The number of nitrogens with two attached hydrogens (primary N) is 1. The van der Waals surface area contributed by atoms with Crippen LogP contribution in [0.1, 0.15) is 58.8 Å². The number of hydrogen-bond donors (Lipinski definition) is 2. The van der Waals surface area contributed by atoms with E-state index in [0.29, 0.717) is 6.54 Å². The van der Waals surface area contributed by atoms with Crippen molar-refractivity contribution in [1.82, 2.24) is 5.43 Å². The van der Waals surface area contributed by atoms with Crippen molar-refractivity contribution in [2.24, 2.45) is 45.8 Å². The first-order valence-electron chi connectivity index (χ1n) is 11.3. The summed E-state index contributed by atoms with van der Waals surface area (Å²) in [6.45, 7) is 13.5. The Morgan fingerprint density at radius 2 is 1.96 bits per heavy atom. The van der Waals surface area contributed by atoms with Crippen LogP contribution >= 0.6 is 0 Å². The molecule has 0 aromatic heterocycles. The van der Waals surface area contributed by atoms with Crippen LogP contribution in [0.2, 0.25) is 0 Å². The van der Waals surface area contributed by atoms with Crippen molar-refractivity contribution in [1.29, 1.82) is 0 Å². The number of allylic oxidation sites excluding steroid dienone is 5. The third kappa shape index (κ3) is 3.22. The average molecular weight is 380 g/mol. The number of rotatable bonds is 5. The van der Waals surface area contributed by atoms with Crippen LogP contribution in [0.25, 0.3) is 0 Å². The van der Waals surface area contributed by atoms with Gasteiger partial charge in [-0.25, -0.2) is 0 Å². The van der Waals surface area contributed by atoms with Crippen molar-refractivity contribution < 1.29 is 0 Å². The van der Waals surface area contributed by atoms with Gasteiger partial charge in [0, 0.05) is 17.7 Å². The summed E-state index contributed by atoms with van der Waals surface area (Å²) in [4.78, 5) is 0. The maximum absolute atomic E-state index is 5.60. The third-order valence-electron chi connectivity index (χ3n) is 8.46. The molecule has 3 heteroatoms. The van der Waals surface area contributed by atoms with E-state index < -0.39 is 0 Å². The molecule has 0 aliphatic heterocycles. The molecule has 3 saturated carbocycles. The molecule has 0 amide bonds. The summed E-state index contributed by atoms with van der Waals surface area (Å²) in [5, 5.41) is 4.49. The van der Waals surface area contributed by atoms with Gasteiger partial charge in [0.1, 0.15) is 0 Å². The van der Waals surface area contributed by atoms with Gasteiger partial charge in [0.15, 0.2) is 0 Å². The molecular weight excluding hydrogens is 342 g/mol. The van der Waals surface area contributed by atoms with E-state index in [1.54, 1.807) is 5.57 Å². The summed E-state index contributed by atoms with van der Waals surface area (Å²) in [7, 11) is 0. The van der Waals surface area contributed by atoms with Gasteiger partial charge < -0.3 is 5.73 Å². The van der Waals surface area contributed by atoms with Crippen molar-refractivity contribution in [3.8, 4) is 0 Å². The third-order valence-corrected chi connectivity index (χ3v) is 8.46. The fourth-order valence-electron chi connectivity index (χ4n) is 6.89. The predicted octanol–water partition coefficient (Wildman–Crippen LogP) is 5.34. The number of fused-ring (bicyclic) bond motifs is 5. The number of hydrogen-bond acceptors (Lipinski definition) is 3. The van der Waals surface area contributed by atoms with Gasteiger partial charge in [-0.2, -0.15) is 5.10 Å². The largest absolute Gasteiger partial charge is 0.325 e. The van der Waals surface area contributed by atoms with Crippen LogP contribution in [0.3, 0.4) is 0 Å². The molecule has 3 nitrogen and oxygen atoms in total. The first-order valence-corrected chi connectivity index (χ1v) is 11.3. The Morgan fingerprint density at radius 3 is 2.71 bits per heavy atom. The van der Waals surface area contributed by atoms with Crippen LogP contribution < -0.4 is 11.2 Å². The predicted molar refractivity (Wildman–Crippen MR) is 119 cm³/mol. The molecule has 4 unspecified atom stereocenters. The maximum atomic E-state index is 5.60. The van der Waals surface area contributed by atoms with Crippen molar-refractivity contribution >= 4 is 5.71 Å². The van der Waals surface area contributed by atoms with Gasteiger partial charge in [0.25, 0.3) is 0 Å². The first kappa shape index (κ1) is 19.7. The van der Waals surface area contributed by atoms with Gasteiger partial charge in [-0.15, -0.1) is 0 Å². The molecule has 4 aliphatic rings. The molecule has 4 rings (SSSR count). The van der Waals surface area contributed by atoms with E-state index >= 15 is 0 Å². The van der Waals surface area contributed by atoms with Crippen molar-refractivity contribution in [2.45, 2.75) is 58.8 Å². The highest BCUT2D eigenvalue weighted by molar-refractivity contribution is 6.05. The normalized spacial score (nSPS) is 40.3. The Labute approximate surface area is 170 Å². The average Bonchev–Trinajstić information content (AvgIpc) is 3.15. The van der Waals surface area contributed by atoms with Crippen LogP contribution in [0.5, 0.6) is 0 Å². The molecule has 0 aromatic rings. The zero-order valence-corrected chi connectivity index (χ0v) is 17.7. The van der Waals surface area contributed by atoms with Crippen molar-refractivity contribution in [3.63, 3.8) is 0 Å². The van der Waals surface area contributed by atoms with E-state index in [1.165, 1.54) is 44.1 Å². The molecule has 152 valence electrons. The molecule has 6 atom stereocenters. The lowest BCUT2D eigenvalue weighted by molar-refractivity contribution is 0.0237. The summed E-state index contributed by atoms with van der Waals surface area (Å²) < 4.78 is 0. The molecule has 3 N–H and O–H groups in total. The minimum Gasteiger partial charge on any atom is -0.325 e. The SMILES string of the molecule is C=C(CN)N/N=C1\C=CC2(C)C(=C1)CCC1C3CC[C@H](C(=C)CC)[C@H]3CCC12. The van der Waals surface area contributed by atoms with E-state index in [2.05, 4.69) is 55.8 Å². The second-order valence-corrected chi connectivity index (χ2v) is 9.65. The lowest BCUT2D eigenvalue weighted by Crippen LogP contribution is -2.46. The molecule has 0 bridgehead atoms. The summed E-state index contributed by atoms with van der Waals surface area (Å²) in [5.41, 5.74) is 13.6. The van der Waals surface area contributed by atoms with E-state index in [4.69, 9.17) is 5.73 Å². The fraction of sp³-hybridized carbons (Fsp3) is 0.640. The Bertz CT molecular complexity index is 743. The highest BCUT2D eigenvalue weighted by atomic mass is 15.3. The first-order chi connectivity index (χ1) is 13.5. The Morgan fingerprint density at radius 1 is 1.18 bits per heavy atom. The molecule has 4 aliphatic carbocycles. The Kier molecular flexibility index (Phi) is 5.39. The van der Waals surface area contributed by atoms with Crippen LogP contribution in [0.4, 0.5) is 0 Å². The van der Waals surface area contributed by atoms with Crippen LogP contribution in [0, 0.1) is 35.0 Å². The van der Waals surface area contributed by atoms with Gasteiger partial charge in [-0.3, -0.25) is 5.43 Å².